The van der Waals surface area contributed by atoms with E-state index in [1.807, 2.05) is 12.2 Å². The Kier molecular flexibility index (Phi) is 15.1. The van der Waals surface area contributed by atoms with Crippen molar-refractivity contribution < 1.29 is 9.53 Å². The fourth-order valence-corrected chi connectivity index (χ4v) is 2.59. The molecule has 0 atom stereocenters. The van der Waals surface area contributed by atoms with Crippen LogP contribution in [-0.2, 0) is 9.53 Å². The summed E-state index contributed by atoms with van der Waals surface area (Å²) in [4.78, 5) is 12.5. The summed E-state index contributed by atoms with van der Waals surface area (Å²) in [6, 6.07) is 0. The van der Waals surface area contributed by atoms with Gasteiger partial charge in [0.05, 0.1) is 0 Å². The number of hydrogen-bond donors (Lipinski definition) is 0. The monoisotopic (exact) mass is 386 g/mol. The van der Waals surface area contributed by atoms with Crippen LogP contribution in [0.3, 0.4) is 0 Å². The zero-order chi connectivity index (χ0) is 21.4. The van der Waals surface area contributed by atoms with E-state index in [4.69, 9.17) is 4.74 Å². The molecule has 0 amide bonds. The summed E-state index contributed by atoms with van der Waals surface area (Å²) in [5, 5.41) is 0. The molecule has 0 aromatic carbocycles. The summed E-state index contributed by atoms with van der Waals surface area (Å²) in [6.45, 7) is 15.2. The van der Waals surface area contributed by atoms with Crippen LogP contribution in [0, 0.1) is 0 Å². The van der Waals surface area contributed by atoms with Gasteiger partial charge in [0.2, 0.25) is 0 Å². The Balaban J connectivity index is 4.65. The van der Waals surface area contributed by atoms with Gasteiger partial charge in [-0.1, -0.05) is 59.9 Å². The molecular formula is C26H42O2. The van der Waals surface area contributed by atoms with Gasteiger partial charge in [-0.15, -0.1) is 0 Å². The van der Waals surface area contributed by atoms with E-state index in [1.54, 1.807) is 0 Å². The van der Waals surface area contributed by atoms with Crippen LogP contribution in [0.5, 0.6) is 0 Å². The Hall–Kier alpha value is -1.83. The fraction of sp³-hybridized carbons (Fsp3) is 0.577. The zero-order valence-electron chi connectivity index (χ0n) is 19.4. The number of hydrogen-bond acceptors (Lipinski definition) is 2. The third-order valence-corrected chi connectivity index (χ3v) is 4.44. The molecule has 0 saturated heterocycles. The lowest BCUT2D eigenvalue weighted by Crippen LogP contribution is -2.08. The van der Waals surface area contributed by atoms with E-state index in [9.17, 15) is 4.79 Å². The van der Waals surface area contributed by atoms with Crippen molar-refractivity contribution in [3.63, 3.8) is 0 Å². The van der Waals surface area contributed by atoms with Crippen LogP contribution in [0.2, 0.25) is 0 Å². The molecule has 0 unspecified atom stereocenters. The standard InChI is InChI=1S/C26H42O2/c1-8-9-16-25(18-17-23(6)14-10-12-21(2)3)26(27)28-20-19-24(7)15-11-13-22(4)5/h12-13,16-17,19H,8-11,14-15,18,20H2,1-7H3. The molecule has 0 aliphatic rings. The minimum absolute atomic E-state index is 0.185. The van der Waals surface area contributed by atoms with Gasteiger partial charge >= 0.3 is 5.97 Å². The second-order valence-corrected chi connectivity index (χ2v) is 8.06. The van der Waals surface area contributed by atoms with Crippen molar-refractivity contribution in [3.8, 4) is 0 Å². The van der Waals surface area contributed by atoms with Gasteiger partial charge in [0.1, 0.15) is 6.61 Å². The van der Waals surface area contributed by atoms with Crippen molar-refractivity contribution >= 4 is 5.97 Å². The Bertz CT molecular complexity index is 604. The van der Waals surface area contributed by atoms with Crippen molar-refractivity contribution in [2.24, 2.45) is 0 Å². The highest BCUT2D eigenvalue weighted by Gasteiger charge is 2.09. The quantitative estimate of drug-likeness (QED) is 0.182. The van der Waals surface area contributed by atoms with Gasteiger partial charge in [-0.05, 0) is 86.1 Å². The molecule has 0 saturated carbocycles. The molecule has 2 heteroatoms. The van der Waals surface area contributed by atoms with E-state index in [0.717, 1.165) is 44.1 Å². The first kappa shape index (κ1) is 26.2. The predicted molar refractivity (Wildman–Crippen MR) is 123 cm³/mol. The first-order valence-electron chi connectivity index (χ1n) is 10.7. The highest BCUT2D eigenvalue weighted by atomic mass is 16.5. The number of esters is 1. The number of allylic oxidation sites excluding steroid dienone is 8. The van der Waals surface area contributed by atoms with Crippen molar-refractivity contribution in [3.05, 3.63) is 58.2 Å². The minimum atomic E-state index is -0.185. The van der Waals surface area contributed by atoms with Gasteiger partial charge in [0.25, 0.3) is 0 Å². The minimum Gasteiger partial charge on any atom is -0.458 e. The van der Waals surface area contributed by atoms with Gasteiger partial charge in [0, 0.05) is 5.57 Å². The molecule has 0 rings (SSSR count). The van der Waals surface area contributed by atoms with Crippen LogP contribution in [0.1, 0.15) is 93.4 Å². The maximum Gasteiger partial charge on any atom is 0.334 e. The molecule has 0 radical (unpaired) electrons. The van der Waals surface area contributed by atoms with Crippen LogP contribution in [-0.4, -0.2) is 12.6 Å². The van der Waals surface area contributed by atoms with Crippen LogP contribution in [0.4, 0.5) is 0 Å². The molecule has 0 N–H and O–H groups in total. The summed E-state index contributed by atoms with van der Waals surface area (Å²) in [7, 11) is 0. The van der Waals surface area contributed by atoms with Crippen molar-refractivity contribution in [1.29, 1.82) is 0 Å². The Morgan fingerprint density at radius 3 is 1.75 bits per heavy atom. The first-order chi connectivity index (χ1) is 13.3. The topological polar surface area (TPSA) is 26.3 Å². The molecule has 0 bridgehead atoms. The molecule has 2 nitrogen and oxygen atoms in total. The normalized spacial score (nSPS) is 12.6. The maximum absolute atomic E-state index is 12.5. The fourth-order valence-electron chi connectivity index (χ4n) is 2.59. The molecule has 28 heavy (non-hydrogen) atoms. The Morgan fingerprint density at radius 1 is 0.714 bits per heavy atom. The van der Waals surface area contributed by atoms with E-state index in [1.165, 1.54) is 22.3 Å². The van der Waals surface area contributed by atoms with E-state index < -0.39 is 0 Å². The van der Waals surface area contributed by atoms with E-state index in [0.29, 0.717) is 13.0 Å². The third kappa shape index (κ3) is 15.2. The summed E-state index contributed by atoms with van der Waals surface area (Å²) >= 11 is 0. The third-order valence-electron chi connectivity index (χ3n) is 4.44. The molecule has 0 spiro atoms. The van der Waals surface area contributed by atoms with E-state index in [-0.39, 0.29) is 5.97 Å². The molecule has 0 fully saturated rings. The van der Waals surface area contributed by atoms with Crippen molar-refractivity contribution in [1.82, 2.24) is 0 Å². The first-order valence-corrected chi connectivity index (χ1v) is 10.7. The number of rotatable bonds is 13. The van der Waals surface area contributed by atoms with Crippen molar-refractivity contribution in [2.75, 3.05) is 6.61 Å². The second kappa shape index (κ2) is 16.2. The number of unbranched alkanes of at least 4 members (excludes halogenated alkanes) is 1. The summed E-state index contributed by atoms with van der Waals surface area (Å²) in [5.41, 5.74) is 6.05. The Morgan fingerprint density at radius 2 is 1.25 bits per heavy atom. The van der Waals surface area contributed by atoms with E-state index in [2.05, 4.69) is 66.7 Å². The average molecular weight is 387 g/mol. The molecule has 0 heterocycles. The molecule has 0 aromatic heterocycles. The molecule has 0 aliphatic carbocycles. The summed E-state index contributed by atoms with van der Waals surface area (Å²) in [6.07, 6.45) is 17.5. The smallest absolute Gasteiger partial charge is 0.334 e. The van der Waals surface area contributed by atoms with Crippen LogP contribution in [0.25, 0.3) is 0 Å². The summed E-state index contributed by atoms with van der Waals surface area (Å²) < 4.78 is 5.51. The maximum atomic E-state index is 12.5. The average Bonchev–Trinajstić information content (AvgIpc) is 2.61. The van der Waals surface area contributed by atoms with Gasteiger partial charge in [-0.3, -0.25) is 0 Å². The highest BCUT2D eigenvalue weighted by Crippen LogP contribution is 2.14. The zero-order valence-corrected chi connectivity index (χ0v) is 19.4. The molecule has 158 valence electrons. The molecule has 0 aliphatic heterocycles. The van der Waals surface area contributed by atoms with Crippen LogP contribution < -0.4 is 0 Å². The lowest BCUT2D eigenvalue weighted by atomic mass is 10.1. The largest absolute Gasteiger partial charge is 0.458 e. The predicted octanol–water partition coefficient (Wildman–Crippen LogP) is 8.03. The van der Waals surface area contributed by atoms with Gasteiger partial charge in [-0.2, -0.15) is 0 Å². The Labute approximate surface area is 174 Å². The van der Waals surface area contributed by atoms with Crippen LogP contribution >= 0.6 is 0 Å². The van der Waals surface area contributed by atoms with Crippen molar-refractivity contribution in [2.45, 2.75) is 93.4 Å². The lowest BCUT2D eigenvalue weighted by Gasteiger charge is -2.07. The number of ether oxygens (including phenoxy) is 1. The molecular weight excluding hydrogens is 344 g/mol. The SMILES string of the molecule is CCCC=C(CC=C(C)CCC=C(C)C)C(=O)OCC=C(C)CCC=C(C)C. The molecule has 0 aromatic rings. The second-order valence-electron chi connectivity index (χ2n) is 8.06. The lowest BCUT2D eigenvalue weighted by molar-refractivity contribution is -0.137. The van der Waals surface area contributed by atoms with Gasteiger partial charge in [-0.25, -0.2) is 4.79 Å². The number of carbonyl (C=O) groups excluding carboxylic acids is 1. The van der Waals surface area contributed by atoms with Gasteiger partial charge in [0.15, 0.2) is 0 Å². The van der Waals surface area contributed by atoms with E-state index >= 15 is 0 Å². The highest BCUT2D eigenvalue weighted by molar-refractivity contribution is 5.88. The van der Waals surface area contributed by atoms with Crippen LogP contribution in [0.15, 0.2) is 58.2 Å². The summed E-state index contributed by atoms with van der Waals surface area (Å²) in [5.74, 6) is -0.185. The van der Waals surface area contributed by atoms with Gasteiger partial charge < -0.3 is 4.74 Å². The number of carbonyl (C=O) groups is 1.